The Labute approximate surface area is 98.0 Å². The minimum absolute atomic E-state index is 0.0601. The summed E-state index contributed by atoms with van der Waals surface area (Å²) in [5, 5.41) is 8.65. The van der Waals surface area contributed by atoms with E-state index in [1.165, 1.54) is 6.07 Å². The molecule has 0 aliphatic heterocycles. The normalized spacial score (nSPS) is 10.3. The van der Waals surface area contributed by atoms with Crippen molar-refractivity contribution in [1.29, 1.82) is 5.26 Å². The van der Waals surface area contributed by atoms with Gasteiger partial charge in [0.05, 0.1) is 28.8 Å². The fraction of sp³-hybridized carbons (Fsp3) is 0.250. The van der Waals surface area contributed by atoms with Crippen LogP contribution in [0.25, 0.3) is 0 Å². The van der Waals surface area contributed by atoms with Crippen LogP contribution < -0.4 is 0 Å². The summed E-state index contributed by atoms with van der Waals surface area (Å²) in [6, 6.07) is 3.03. The number of halogens is 4. The van der Waals surface area contributed by atoms with Gasteiger partial charge in [0.15, 0.2) is 0 Å². The van der Waals surface area contributed by atoms with Crippen LogP contribution in [-0.2, 0) is 5.88 Å². The van der Waals surface area contributed by atoms with Crippen LogP contribution in [0.15, 0.2) is 6.07 Å². The molecule has 74 valence electrons. The molecular formula is C8H4ClF2IN2. The second kappa shape index (κ2) is 4.84. The summed E-state index contributed by atoms with van der Waals surface area (Å²) in [4.78, 5) is 3.85. The van der Waals surface area contributed by atoms with Crippen molar-refractivity contribution in [3.8, 4) is 6.07 Å². The average Bonchev–Trinajstić information content (AvgIpc) is 2.15. The van der Waals surface area contributed by atoms with E-state index in [0.29, 0.717) is 3.70 Å². The molecule has 0 unspecified atom stereocenters. The molecule has 0 aliphatic carbocycles. The maximum atomic E-state index is 12.5. The Balaban J connectivity index is 3.42. The molecule has 0 saturated carbocycles. The first kappa shape index (κ1) is 11.6. The van der Waals surface area contributed by atoms with E-state index in [4.69, 9.17) is 16.9 Å². The second-order valence-electron chi connectivity index (χ2n) is 2.40. The van der Waals surface area contributed by atoms with E-state index in [2.05, 4.69) is 4.98 Å². The molecule has 0 fully saturated rings. The summed E-state index contributed by atoms with van der Waals surface area (Å²) in [6.07, 6.45) is -2.72. The third-order valence-corrected chi connectivity index (χ3v) is 2.38. The third-order valence-electron chi connectivity index (χ3n) is 1.57. The minimum atomic E-state index is -2.72. The van der Waals surface area contributed by atoms with Crippen molar-refractivity contribution in [3.63, 3.8) is 0 Å². The Morgan fingerprint density at radius 2 is 2.29 bits per heavy atom. The van der Waals surface area contributed by atoms with E-state index >= 15 is 0 Å². The lowest BCUT2D eigenvalue weighted by Crippen LogP contribution is -2.02. The molecule has 14 heavy (non-hydrogen) atoms. The number of hydrogen-bond donors (Lipinski definition) is 0. The molecule has 6 heteroatoms. The fourth-order valence-corrected chi connectivity index (χ4v) is 1.82. The van der Waals surface area contributed by atoms with Crippen molar-refractivity contribution in [2.45, 2.75) is 12.3 Å². The SMILES string of the molecule is N#Cc1cc(I)nc(CCl)c1C(F)F. The van der Waals surface area contributed by atoms with Crippen molar-refractivity contribution < 1.29 is 8.78 Å². The Hall–Kier alpha value is -0.480. The molecule has 1 aromatic heterocycles. The van der Waals surface area contributed by atoms with Gasteiger partial charge in [-0.15, -0.1) is 11.6 Å². The van der Waals surface area contributed by atoms with E-state index in [9.17, 15) is 8.78 Å². The molecule has 1 heterocycles. The van der Waals surface area contributed by atoms with Gasteiger partial charge in [0.25, 0.3) is 6.43 Å². The van der Waals surface area contributed by atoms with Gasteiger partial charge in [-0.25, -0.2) is 13.8 Å². The summed E-state index contributed by atoms with van der Waals surface area (Å²) < 4.78 is 25.6. The van der Waals surface area contributed by atoms with Gasteiger partial charge in [-0.1, -0.05) is 0 Å². The molecule has 2 nitrogen and oxygen atoms in total. The lowest BCUT2D eigenvalue weighted by atomic mass is 10.1. The molecule has 0 atom stereocenters. The predicted molar refractivity (Wildman–Crippen MR) is 56.2 cm³/mol. The van der Waals surface area contributed by atoms with E-state index in [-0.39, 0.29) is 22.7 Å². The van der Waals surface area contributed by atoms with Crippen LogP contribution in [0.5, 0.6) is 0 Å². The number of hydrogen-bond acceptors (Lipinski definition) is 2. The molecule has 1 rings (SSSR count). The molecule has 0 bridgehead atoms. The first-order valence-corrected chi connectivity index (χ1v) is 5.15. The summed E-state index contributed by atoms with van der Waals surface area (Å²) >= 11 is 7.32. The maximum absolute atomic E-state index is 12.5. The molecule has 0 aromatic carbocycles. The van der Waals surface area contributed by atoms with Crippen LogP contribution in [0, 0.1) is 15.0 Å². The summed E-state index contributed by atoms with van der Waals surface area (Å²) in [5.41, 5.74) is -0.344. The van der Waals surface area contributed by atoms with Crippen molar-refractivity contribution in [2.75, 3.05) is 0 Å². The lowest BCUT2D eigenvalue weighted by molar-refractivity contribution is 0.149. The van der Waals surface area contributed by atoms with Crippen LogP contribution >= 0.6 is 34.2 Å². The zero-order valence-corrected chi connectivity index (χ0v) is 9.68. The largest absolute Gasteiger partial charge is 0.266 e. The highest BCUT2D eigenvalue weighted by molar-refractivity contribution is 14.1. The molecule has 1 aromatic rings. The van der Waals surface area contributed by atoms with E-state index in [1.54, 1.807) is 6.07 Å². The van der Waals surface area contributed by atoms with Gasteiger partial charge in [0, 0.05) is 0 Å². The van der Waals surface area contributed by atoms with Gasteiger partial charge >= 0.3 is 0 Å². The zero-order valence-electron chi connectivity index (χ0n) is 6.77. The van der Waals surface area contributed by atoms with Crippen molar-refractivity contribution in [2.24, 2.45) is 0 Å². The number of nitrogens with zero attached hydrogens (tertiary/aromatic N) is 2. The second-order valence-corrected chi connectivity index (χ2v) is 3.77. The van der Waals surface area contributed by atoms with E-state index < -0.39 is 6.43 Å². The van der Waals surface area contributed by atoms with Gasteiger partial charge in [0.2, 0.25) is 0 Å². The van der Waals surface area contributed by atoms with Crippen LogP contribution in [0.1, 0.15) is 23.2 Å². The minimum Gasteiger partial charge on any atom is -0.245 e. The summed E-state index contributed by atoms with van der Waals surface area (Å²) in [5.74, 6) is -0.120. The fourth-order valence-electron chi connectivity index (χ4n) is 1.01. The molecule has 0 amide bonds. The van der Waals surface area contributed by atoms with Crippen molar-refractivity contribution in [1.82, 2.24) is 4.98 Å². The van der Waals surface area contributed by atoms with Crippen LogP contribution in [-0.4, -0.2) is 4.98 Å². The highest BCUT2D eigenvalue weighted by Gasteiger charge is 2.19. The number of pyridine rings is 1. The predicted octanol–water partition coefficient (Wildman–Crippen LogP) is 3.23. The molecule has 0 saturated heterocycles. The highest BCUT2D eigenvalue weighted by atomic mass is 127. The number of nitriles is 1. The quantitative estimate of drug-likeness (QED) is 0.475. The van der Waals surface area contributed by atoms with Gasteiger partial charge in [-0.05, 0) is 28.7 Å². The topological polar surface area (TPSA) is 36.7 Å². The molecule has 0 spiro atoms. The Morgan fingerprint density at radius 1 is 1.64 bits per heavy atom. The van der Waals surface area contributed by atoms with Gasteiger partial charge in [-0.3, -0.25) is 0 Å². The molecule has 0 N–H and O–H groups in total. The molecule has 0 radical (unpaired) electrons. The third kappa shape index (κ3) is 2.30. The van der Waals surface area contributed by atoms with Crippen LogP contribution in [0.4, 0.5) is 8.78 Å². The van der Waals surface area contributed by atoms with Crippen molar-refractivity contribution >= 4 is 34.2 Å². The average molecular weight is 328 g/mol. The number of aromatic nitrogens is 1. The van der Waals surface area contributed by atoms with Gasteiger partial charge in [0.1, 0.15) is 3.70 Å². The monoisotopic (exact) mass is 328 g/mol. The first-order chi connectivity index (χ1) is 6.60. The highest BCUT2D eigenvalue weighted by Crippen LogP contribution is 2.27. The summed E-state index contributed by atoms with van der Waals surface area (Å²) in [6.45, 7) is 0. The maximum Gasteiger partial charge on any atom is 0.266 e. The van der Waals surface area contributed by atoms with E-state index in [0.717, 1.165) is 0 Å². The molecular weight excluding hydrogens is 324 g/mol. The van der Waals surface area contributed by atoms with Gasteiger partial charge < -0.3 is 0 Å². The van der Waals surface area contributed by atoms with Gasteiger partial charge in [-0.2, -0.15) is 5.26 Å². The van der Waals surface area contributed by atoms with Crippen LogP contribution in [0.3, 0.4) is 0 Å². The van der Waals surface area contributed by atoms with E-state index in [1.807, 2.05) is 22.6 Å². The summed E-state index contributed by atoms with van der Waals surface area (Å²) in [7, 11) is 0. The number of rotatable bonds is 2. The van der Waals surface area contributed by atoms with Crippen LogP contribution in [0.2, 0.25) is 0 Å². The standard InChI is InChI=1S/C8H4ClF2IN2/c9-2-5-7(8(10)11)4(3-13)1-6(12)14-5/h1,8H,2H2. The smallest absolute Gasteiger partial charge is 0.245 e. The zero-order chi connectivity index (χ0) is 10.7. The Kier molecular flexibility index (Phi) is 4.01. The van der Waals surface area contributed by atoms with Crippen molar-refractivity contribution in [3.05, 3.63) is 26.6 Å². The Morgan fingerprint density at radius 3 is 2.71 bits per heavy atom. The number of alkyl halides is 3. The lowest BCUT2D eigenvalue weighted by Gasteiger charge is -2.07. The first-order valence-electron chi connectivity index (χ1n) is 3.53. The molecule has 0 aliphatic rings. The Bertz CT molecular complexity index is 390.